The lowest BCUT2D eigenvalue weighted by Gasteiger charge is -2.14. The molecule has 1 amide bonds. The first-order chi connectivity index (χ1) is 8.17. The summed E-state index contributed by atoms with van der Waals surface area (Å²) in [4.78, 5) is 14.1. The summed E-state index contributed by atoms with van der Waals surface area (Å²) in [6.07, 6.45) is 1.03. The third-order valence-electron chi connectivity index (χ3n) is 2.25. The minimum absolute atomic E-state index is 0.0962. The van der Waals surface area contributed by atoms with Gasteiger partial charge in [-0.05, 0) is 17.0 Å². The molecule has 0 unspecified atom stereocenters. The van der Waals surface area contributed by atoms with Crippen LogP contribution in [0.3, 0.4) is 0 Å². The Kier molecular flexibility index (Phi) is 5.75. The number of aliphatic hydroxyl groups is 1. The van der Waals surface area contributed by atoms with Crippen LogP contribution in [0.5, 0.6) is 0 Å². The van der Waals surface area contributed by atoms with Crippen LogP contribution < -0.4 is 0 Å². The molecule has 0 saturated carbocycles. The van der Waals surface area contributed by atoms with Crippen molar-refractivity contribution in [1.29, 1.82) is 0 Å². The molecular formula is C13H17NO2S. The number of rotatable bonds is 4. The summed E-state index contributed by atoms with van der Waals surface area (Å²) in [5, 5.41) is 10.6. The van der Waals surface area contributed by atoms with Gasteiger partial charge in [0, 0.05) is 26.4 Å². The summed E-state index contributed by atoms with van der Waals surface area (Å²) in [5.74, 6) is 6.01. The molecule has 1 rings (SSSR count). The molecule has 0 aromatic carbocycles. The molecule has 0 saturated heterocycles. The van der Waals surface area contributed by atoms with Crippen LogP contribution in [0.25, 0.3) is 0 Å². The van der Waals surface area contributed by atoms with Crippen LogP contribution in [-0.2, 0) is 11.3 Å². The minimum Gasteiger partial charge on any atom is -0.395 e. The fourth-order valence-corrected chi connectivity index (χ4v) is 2.13. The summed E-state index contributed by atoms with van der Waals surface area (Å²) in [6, 6.07) is 1.99. The quantitative estimate of drug-likeness (QED) is 0.830. The van der Waals surface area contributed by atoms with E-state index in [0.29, 0.717) is 19.4 Å². The Labute approximate surface area is 106 Å². The van der Waals surface area contributed by atoms with Crippen LogP contribution in [0.15, 0.2) is 11.4 Å². The van der Waals surface area contributed by atoms with E-state index in [1.807, 2.05) is 18.4 Å². The van der Waals surface area contributed by atoms with E-state index in [1.54, 1.807) is 23.3 Å². The van der Waals surface area contributed by atoms with E-state index >= 15 is 0 Å². The fraction of sp³-hybridized carbons (Fsp3) is 0.462. The molecule has 0 spiro atoms. The molecular weight excluding hydrogens is 234 g/mol. The number of nitrogens with zero attached hydrogens (tertiary/aromatic N) is 1. The second kappa shape index (κ2) is 7.10. The molecule has 1 N–H and O–H groups in total. The highest BCUT2D eigenvalue weighted by atomic mass is 32.1. The maximum atomic E-state index is 11.4. The van der Waals surface area contributed by atoms with Crippen molar-refractivity contribution in [3.05, 3.63) is 21.9 Å². The summed E-state index contributed by atoms with van der Waals surface area (Å²) in [6.45, 7) is 2.59. The molecule has 1 aromatic heterocycles. The van der Waals surface area contributed by atoms with E-state index in [2.05, 4.69) is 11.8 Å². The zero-order valence-corrected chi connectivity index (χ0v) is 11.0. The number of carbonyl (C=O) groups excluding carboxylic acids is 1. The maximum absolute atomic E-state index is 11.4. The predicted octanol–water partition coefficient (Wildman–Crippen LogP) is 1.85. The zero-order valence-electron chi connectivity index (χ0n) is 10.2. The lowest BCUT2D eigenvalue weighted by atomic mass is 10.2. The molecule has 3 nitrogen and oxygen atoms in total. The van der Waals surface area contributed by atoms with E-state index in [0.717, 1.165) is 10.4 Å². The highest BCUT2D eigenvalue weighted by Crippen LogP contribution is 2.15. The van der Waals surface area contributed by atoms with Crippen molar-refractivity contribution >= 4 is 17.2 Å². The molecule has 1 heterocycles. The SMILES string of the molecule is CCC(=O)N(C)Cc1csc(C#CCCO)c1. The van der Waals surface area contributed by atoms with Crippen molar-refractivity contribution in [3.8, 4) is 11.8 Å². The van der Waals surface area contributed by atoms with Gasteiger partial charge >= 0.3 is 0 Å². The standard InChI is InChI=1S/C13H17NO2S/c1-3-13(16)14(2)9-11-8-12(17-10-11)6-4-5-7-15/h8,10,15H,3,5,7,9H2,1-2H3. The first-order valence-electron chi connectivity index (χ1n) is 5.58. The second-order valence-electron chi connectivity index (χ2n) is 3.70. The lowest BCUT2D eigenvalue weighted by molar-refractivity contribution is -0.130. The van der Waals surface area contributed by atoms with Crippen molar-refractivity contribution in [1.82, 2.24) is 4.90 Å². The predicted molar refractivity (Wildman–Crippen MR) is 69.7 cm³/mol. The number of hydrogen-bond donors (Lipinski definition) is 1. The van der Waals surface area contributed by atoms with Gasteiger partial charge in [0.2, 0.25) is 5.91 Å². The Bertz CT molecular complexity index is 428. The highest BCUT2D eigenvalue weighted by Gasteiger charge is 2.07. The van der Waals surface area contributed by atoms with Crippen molar-refractivity contribution in [2.75, 3.05) is 13.7 Å². The van der Waals surface area contributed by atoms with Gasteiger partial charge in [-0.3, -0.25) is 4.79 Å². The van der Waals surface area contributed by atoms with Crippen molar-refractivity contribution in [3.63, 3.8) is 0 Å². The Morgan fingerprint density at radius 2 is 2.35 bits per heavy atom. The van der Waals surface area contributed by atoms with Crippen LogP contribution in [-0.4, -0.2) is 29.6 Å². The van der Waals surface area contributed by atoms with Gasteiger partial charge in [0.25, 0.3) is 0 Å². The number of thiophene rings is 1. The van der Waals surface area contributed by atoms with Crippen LogP contribution in [0, 0.1) is 11.8 Å². The Hall–Kier alpha value is -1.31. The third kappa shape index (κ3) is 4.59. The highest BCUT2D eigenvalue weighted by molar-refractivity contribution is 7.10. The van der Waals surface area contributed by atoms with Gasteiger partial charge in [-0.2, -0.15) is 0 Å². The van der Waals surface area contributed by atoms with Gasteiger partial charge in [0.1, 0.15) is 0 Å². The topological polar surface area (TPSA) is 40.5 Å². The third-order valence-corrected chi connectivity index (χ3v) is 3.14. The van der Waals surface area contributed by atoms with Crippen LogP contribution >= 0.6 is 11.3 Å². The number of aliphatic hydroxyl groups excluding tert-OH is 1. The molecule has 17 heavy (non-hydrogen) atoms. The van der Waals surface area contributed by atoms with Gasteiger partial charge in [-0.1, -0.05) is 18.8 Å². The van der Waals surface area contributed by atoms with E-state index in [4.69, 9.17) is 5.11 Å². The van der Waals surface area contributed by atoms with Crippen LogP contribution in [0.2, 0.25) is 0 Å². The van der Waals surface area contributed by atoms with E-state index < -0.39 is 0 Å². The van der Waals surface area contributed by atoms with Crippen LogP contribution in [0.1, 0.15) is 30.2 Å². The zero-order chi connectivity index (χ0) is 12.7. The first kappa shape index (κ1) is 13.8. The molecule has 0 aliphatic carbocycles. The molecule has 0 aliphatic heterocycles. The average Bonchev–Trinajstić information content (AvgIpc) is 2.76. The molecule has 1 aromatic rings. The smallest absolute Gasteiger partial charge is 0.222 e. The monoisotopic (exact) mass is 251 g/mol. The van der Waals surface area contributed by atoms with Crippen molar-refractivity contribution < 1.29 is 9.90 Å². The van der Waals surface area contributed by atoms with Gasteiger partial charge in [0.05, 0.1) is 11.5 Å². The average molecular weight is 251 g/mol. The molecule has 0 bridgehead atoms. The number of hydrogen-bond acceptors (Lipinski definition) is 3. The largest absolute Gasteiger partial charge is 0.395 e. The Balaban J connectivity index is 2.57. The molecule has 0 atom stereocenters. The van der Waals surface area contributed by atoms with Crippen molar-refractivity contribution in [2.45, 2.75) is 26.3 Å². The molecule has 4 heteroatoms. The molecule has 0 radical (unpaired) electrons. The van der Waals surface area contributed by atoms with Crippen molar-refractivity contribution in [2.24, 2.45) is 0 Å². The molecule has 92 valence electrons. The molecule has 0 fully saturated rings. The van der Waals surface area contributed by atoms with Gasteiger partial charge in [0.15, 0.2) is 0 Å². The first-order valence-corrected chi connectivity index (χ1v) is 6.46. The number of carbonyl (C=O) groups is 1. The summed E-state index contributed by atoms with van der Waals surface area (Å²) in [7, 11) is 1.81. The van der Waals surface area contributed by atoms with Gasteiger partial charge < -0.3 is 10.0 Å². The van der Waals surface area contributed by atoms with E-state index in [-0.39, 0.29) is 12.5 Å². The summed E-state index contributed by atoms with van der Waals surface area (Å²) >= 11 is 1.57. The Morgan fingerprint density at radius 3 is 3.00 bits per heavy atom. The normalized spacial score (nSPS) is 9.59. The fourth-order valence-electron chi connectivity index (χ4n) is 1.36. The van der Waals surface area contributed by atoms with Gasteiger partial charge in [-0.25, -0.2) is 0 Å². The Morgan fingerprint density at radius 1 is 1.59 bits per heavy atom. The number of amides is 1. The van der Waals surface area contributed by atoms with E-state index in [1.165, 1.54) is 0 Å². The maximum Gasteiger partial charge on any atom is 0.222 e. The van der Waals surface area contributed by atoms with E-state index in [9.17, 15) is 4.79 Å². The second-order valence-corrected chi connectivity index (χ2v) is 4.61. The van der Waals surface area contributed by atoms with Crippen LogP contribution in [0.4, 0.5) is 0 Å². The molecule has 0 aliphatic rings. The minimum atomic E-state index is 0.0962. The van der Waals surface area contributed by atoms with Gasteiger partial charge in [-0.15, -0.1) is 11.3 Å². The summed E-state index contributed by atoms with van der Waals surface area (Å²) in [5.41, 5.74) is 1.10. The summed E-state index contributed by atoms with van der Waals surface area (Å²) < 4.78 is 0. The lowest BCUT2D eigenvalue weighted by Crippen LogP contribution is -2.24.